The van der Waals surface area contributed by atoms with Crippen LogP contribution in [-0.2, 0) is 52.7 Å². The molecule has 1 aliphatic heterocycles. The number of carbonyl (C=O) groups excluding carboxylic acids is 5. The Balaban J connectivity index is 1.83. The number of fused-ring (bicyclic) bond motifs is 1. The van der Waals surface area contributed by atoms with E-state index in [4.69, 9.17) is 20.9 Å². The number of nitrogens with zero attached hydrogens (tertiary/aromatic N) is 1. The highest BCUT2D eigenvalue weighted by Gasteiger charge is 2.70. The van der Waals surface area contributed by atoms with Crippen LogP contribution in [0.25, 0.3) is 0 Å². The fourth-order valence-corrected chi connectivity index (χ4v) is 6.86. The van der Waals surface area contributed by atoms with Crippen LogP contribution in [0.15, 0.2) is 48.5 Å². The first-order valence-electron chi connectivity index (χ1n) is 18.0. The summed E-state index contributed by atoms with van der Waals surface area (Å²) in [6.45, 7) is 9.73. The molecule has 12 heteroatoms. The van der Waals surface area contributed by atoms with Crippen molar-refractivity contribution in [1.82, 2.24) is 10.2 Å². The Morgan fingerprint density at radius 1 is 0.922 bits per heavy atom. The van der Waals surface area contributed by atoms with Crippen LogP contribution in [-0.4, -0.2) is 76.5 Å². The third-order valence-corrected chi connectivity index (χ3v) is 9.09. The highest BCUT2D eigenvalue weighted by atomic mass is 16.6. The third kappa shape index (κ3) is 9.74. The van der Waals surface area contributed by atoms with E-state index in [9.17, 15) is 24.0 Å². The summed E-state index contributed by atoms with van der Waals surface area (Å²) in [4.78, 5) is 73.1. The molecule has 0 aromatic heterocycles. The van der Waals surface area contributed by atoms with Crippen molar-refractivity contribution in [3.8, 4) is 0 Å². The van der Waals surface area contributed by atoms with Crippen molar-refractivity contribution in [2.45, 2.75) is 122 Å². The van der Waals surface area contributed by atoms with Gasteiger partial charge in [0.15, 0.2) is 0 Å². The van der Waals surface area contributed by atoms with Crippen LogP contribution < -0.4 is 22.1 Å². The molecule has 2 aromatic rings. The molecule has 4 atom stereocenters. The molecule has 278 valence electrons. The standard InChI is InChI=1S/C39H55N5O7/c1-37(2,3)50-34(47)32-30(43-31(45)19-10-15-25-13-8-7-9-14-25)24-44(33(46)29(41)18-12-22-40)39(32,36(49)51-38(4,5)6)35(48)42-28-21-20-26-16-11-17-27(26)23-28/h7-9,13-14,20-21,23,29-30,32H,10-12,15-19,22,24,40-41H2,1-6H3,(H,42,48)(H,43,45)/t29-,30-,32+,39+/m1/s1. The van der Waals surface area contributed by atoms with Gasteiger partial charge in [0.25, 0.3) is 5.91 Å². The summed E-state index contributed by atoms with van der Waals surface area (Å²) in [6, 6.07) is 12.8. The van der Waals surface area contributed by atoms with Crippen molar-refractivity contribution < 1.29 is 33.4 Å². The normalized spacial score (nSPS) is 20.7. The summed E-state index contributed by atoms with van der Waals surface area (Å²) in [5.74, 6) is -5.91. The van der Waals surface area contributed by atoms with Crippen molar-refractivity contribution in [2.24, 2.45) is 17.4 Å². The summed E-state index contributed by atoms with van der Waals surface area (Å²) < 4.78 is 11.8. The first-order chi connectivity index (χ1) is 24.0. The van der Waals surface area contributed by atoms with E-state index >= 15 is 0 Å². The van der Waals surface area contributed by atoms with Crippen LogP contribution in [0.1, 0.15) is 90.3 Å². The Labute approximate surface area is 301 Å². The lowest BCUT2D eigenvalue weighted by Crippen LogP contribution is -2.68. The quantitative estimate of drug-likeness (QED) is 0.179. The van der Waals surface area contributed by atoms with E-state index in [1.807, 2.05) is 42.5 Å². The van der Waals surface area contributed by atoms with Gasteiger partial charge in [-0.15, -0.1) is 0 Å². The second kappa shape index (κ2) is 16.4. The second-order valence-corrected chi connectivity index (χ2v) is 15.6. The molecule has 2 aromatic carbocycles. The highest BCUT2D eigenvalue weighted by molar-refractivity contribution is 6.19. The van der Waals surface area contributed by atoms with Crippen LogP contribution in [0.3, 0.4) is 0 Å². The molecule has 0 bridgehead atoms. The zero-order valence-electron chi connectivity index (χ0n) is 30.9. The number of benzene rings is 2. The fourth-order valence-electron chi connectivity index (χ4n) is 6.86. The lowest BCUT2D eigenvalue weighted by Gasteiger charge is -2.40. The number of rotatable bonds is 13. The molecule has 1 fully saturated rings. The number of amides is 3. The van der Waals surface area contributed by atoms with Crippen molar-refractivity contribution >= 4 is 35.3 Å². The number of nitrogens with one attached hydrogen (secondary N) is 2. The summed E-state index contributed by atoms with van der Waals surface area (Å²) in [7, 11) is 0. The van der Waals surface area contributed by atoms with Crippen molar-refractivity contribution in [3.63, 3.8) is 0 Å². The predicted octanol–water partition coefficient (Wildman–Crippen LogP) is 3.57. The van der Waals surface area contributed by atoms with Crippen LogP contribution in [0, 0.1) is 5.92 Å². The Hall–Kier alpha value is -4.29. The van der Waals surface area contributed by atoms with Crippen LogP contribution in [0.2, 0.25) is 0 Å². The maximum absolute atomic E-state index is 15.0. The molecule has 1 aliphatic carbocycles. The van der Waals surface area contributed by atoms with E-state index in [0.717, 1.165) is 35.3 Å². The number of hydrogen-bond acceptors (Lipinski definition) is 9. The smallest absolute Gasteiger partial charge is 0.343 e. The molecule has 0 saturated carbocycles. The minimum atomic E-state index is -2.60. The van der Waals surface area contributed by atoms with Crippen LogP contribution in [0.4, 0.5) is 5.69 Å². The second-order valence-electron chi connectivity index (χ2n) is 15.6. The van der Waals surface area contributed by atoms with Crippen molar-refractivity contribution in [2.75, 3.05) is 18.4 Å². The first-order valence-corrected chi connectivity index (χ1v) is 18.0. The molecule has 51 heavy (non-hydrogen) atoms. The number of ether oxygens (including phenoxy) is 2. The van der Waals surface area contributed by atoms with Gasteiger partial charge >= 0.3 is 11.9 Å². The van der Waals surface area contributed by atoms with E-state index in [2.05, 4.69) is 10.6 Å². The summed E-state index contributed by atoms with van der Waals surface area (Å²) in [6.07, 6.45) is 4.52. The molecular weight excluding hydrogens is 650 g/mol. The van der Waals surface area contributed by atoms with E-state index in [1.54, 1.807) is 47.6 Å². The van der Waals surface area contributed by atoms with E-state index in [-0.39, 0.29) is 25.9 Å². The number of esters is 2. The van der Waals surface area contributed by atoms with E-state index in [1.165, 1.54) is 5.56 Å². The lowest BCUT2D eigenvalue weighted by molar-refractivity contribution is -0.184. The Morgan fingerprint density at radius 2 is 1.59 bits per heavy atom. The Kier molecular flexibility index (Phi) is 12.7. The van der Waals surface area contributed by atoms with Crippen LogP contribution >= 0.6 is 0 Å². The molecule has 1 heterocycles. The van der Waals surface area contributed by atoms with Gasteiger partial charge < -0.3 is 36.5 Å². The molecule has 0 spiro atoms. The van der Waals surface area contributed by atoms with Gasteiger partial charge in [0, 0.05) is 18.7 Å². The van der Waals surface area contributed by atoms with E-state index < -0.39 is 64.4 Å². The van der Waals surface area contributed by atoms with Gasteiger partial charge in [-0.25, -0.2) is 4.79 Å². The topological polar surface area (TPSA) is 183 Å². The summed E-state index contributed by atoms with van der Waals surface area (Å²) in [5, 5.41) is 5.74. The third-order valence-electron chi connectivity index (χ3n) is 9.09. The monoisotopic (exact) mass is 705 g/mol. The minimum absolute atomic E-state index is 0.0944. The lowest BCUT2D eigenvalue weighted by atomic mass is 9.80. The van der Waals surface area contributed by atoms with Gasteiger partial charge in [-0.1, -0.05) is 36.4 Å². The van der Waals surface area contributed by atoms with Gasteiger partial charge in [-0.2, -0.15) is 0 Å². The van der Waals surface area contributed by atoms with Gasteiger partial charge in [0.1, 0.15) is 17.1 Å². The molecule has 0 unspecified atom stereocenters. The summed E-state index contributed by atoms with van der Waals surface area (Å²) in [5.41, 5.74) is 11.0. The average molecular weight is 706 g/mol. The molecule has 12 nitrogen and oxygen atoms in total. The average Bonchev–Trinajstić information content (AvgIpc) is 3.65. The number of hydrogen-bond donors (Lipinski definition) is 4. The van der Waals surface area contributed by atoms with Crippen molar-refractivity contribution in [3.05, 3.63) is 65.2 Å². The number of carbonyl (C=O) groups is 5. The molecule has 4 rings (SSSR count). The highest BCUT2D eigenvalue weighted by Crippen LogP contribution is 2.41. The molecule has 1 saturated heterocycles. The number of aryl methyl sites for hydroxylation is 3. The SMILES string of the molecule is CC(C)(C)OC(=O)[C@@H]1[C@H](NC(=O)CCCc2ccccc2)CN(C(=O)[C@H](N)CCCN)[C@@]1(C(=O)Nc1ccc2c(c1)CCC2)C(=O)OC(C)(C)C. The zero-order valence-corrected chi connectivity index (χ0v) is 30.9. The van der Waals surface area contributed by atoms with E-state index in [0.29, 0.717) is 24.9 Å². The maximum Gasteiger partial charge on any atom is 0.343 e. The Bertz CT molecular complexity index is 1580. The molecule has 0 radical (unpaired) electrons. The molecule has 6 N–H and O–H groups in total. The van der Waals surface area contributed by atoms with Gasteiger partial charge in [-0.05, 0) is 122 Å². The maximum atomic E-state index is 15.0. The fraction of sp³-hybridized carbons (Fsp3) is 0.564. The minimum Gasteiger partial charge on any atom is -0.460 e. The zero-order chi connectivity index (χ0) is 37.6. The van der Waals surface area contributed by atoms with Crippen LogP contribution in [0.5, 0.6) is 0 Å². The molecular formula is C39H55N5O7. The molecule has 3 amide bonds. The largest absolute Gasteiger partial charge is 0.460 e. The van der Waals surface area contributed by atoms with Gasteiger partial charge in [-0.3, -0.25) is 19.2 Å². The van der Waals surface area contributed by atoms with Crippen molar-refractivity contribution in [1.29, 1.82) is 0 Å². The number of nitrogens with two attached hydrogens (primary N) is 2. The number of likely N-dealkylation sites (tertiary alicyclic amines) is 1. The van der Waals surface area contributed by atoms with Gasteiger partial charge in [0.2, 0.25) is 17.4 Å². The first kappa shape index (κ1) is 39.5. The number of anilines is 1. The van der Waals surface area contributed by atoms with Gasteiger partial charge in [0.05, 0.1) is 12.1 Å². The summed E-state index contributed by atoms with van der Waals surface area (Å²) >= 11 is 0. The molecule has 2 aliphatic rings. The predicted molar refractivity (Wildman–Crippen MR) is 194 cm³/mol. The Morgan fingerprint density at radius 3 is 2.24 bits per heavy atom.